The Hall–Kier alpha value is -1.47. The van der Waals surface area contributed by atoms with E-state index in [0.29, 0.717) is 0 Å². The van der Waals surface area contributed by atoms with Gasteiger partial charge < -0.3 is 5.11 Å². The van der Waals surface area contributed by atoms with Gasteiger partial charge in [-0.05, 0) is 23.2 Å². The second-order valence-electron chi connectivity index (χ2n) is 3.42. The molecule has 1 atom stereocenters. The highest BCUT2D eigenvalue weighted by Crippen LogP contribution is 2.23. The largest absolute Gasteiger partial charge is 0.481 e. The van der Waals surface area contributed by atoms with Crippen molar-refractivity contribution in [2.24, 2.45) is 5.92 Å². The van der Waals surface area contributed by atoms with Crippen LogP contribution in [0.1, 0.15) is 6.42 Å². The first-order valence-electron chi connectivity index (χ1n) is 4.57. The van der Waals surface area contributed by atoms with Crippen molar-refractivity contribution in [3.05, 3.63) is 10.6 Å². The average molecular weight is 277 g/mol. The molecular formula is C8H6Cl2N4O3. The van der Waals surface area contributed by atoms with E-state index in [2.05, 4.69) is 15.0 Å². The number of halogens is 2. The van der Waals surface area contributed by atoms with Crippen LogP contribution in [0.3, 0.4) is 0 Å². The molecule has 90 valence electrons. The number of carbonyl (C=O) groups excluding carboxylic acids is 1. The van der Waals surface area contributed by atoms with Gasteiger partial charge in [0.15, 0.2) is 0 Å². The van der Waals surface area contributed by atoms with E-state index >= 15 is 0 Å². The number of aliphatic carboxylic acids is 1. The molecule has 0 saturated carbocycles. The highest BCUT2D eigenvalue weighted by Gasteiger charge is 2.36. The monoisotopic (exact) mass is 276 g/mol. The van der Waals surface area contributed by atoms with Gasteiger partial charge in [0.25, 0.3) is 0 Å². The SMILES string of the molecule is O=C(O)C1CC(=O)N(c2nc(Cl)nc(Cl)n2)C1. The minimum absolute atomic E-state index is 0.00480. The van der Waals surface area contributed by atoms with E-state index in [-0.39, 0.29) is 35.4 Å². The van der Waals surface area contributed by atoms with Gasteiger partial charge in [0, 0.05) is 13.0 Å². The van der Waals surface area contributed by atoms with Gasteiger partial charge in [-0.3, -0.25) is 14.5 Å². The third kappa shape index (κ3) is 2.45. The first-order chi connectivity index (χ1) is 7.97. The normalized spacial score (nSPS) is 19.8. The molecule has 9 heteroatoms. The number of carboxylic acids is 1. The summed E-state index contributed by atoms with van der Waals surface area (Å²) in [4.78, 5) is 34.5. The Bertz CT molecular complexity index is 475. The number of nitrogens with zero attached hydrogens (tertiary/aromatic N) is 4. The zero-order chi connectivity index (χ0) is 12.6. The van der Waals surface area contributed by atoms with Gasteiger partial charge in [0.1, 0.15) is 0 Å². The van der Waals surface area contributed by atoms with Crippen LogP contribution >= 0.6 is 23.2 Å². The van der Waals surface area contributed by atoms with E-state index in [1.807, 2.05) is 0 Å². The van der Waals surface area contributed by atoms with Crippen LogP contribution in [0.4, 0.5) is 5.95 Å². The zero-order valence-corrected chi connectivity index (χ0v) is 9.81. The topological polar surface area (TPSA) is 96.3 Å². The van der Waals surface area contributed by atoms with Gasteiger partial charge in [0.05, 0.1) is 5.92 Å². The first kappa shape index (κ1) is 12.0. The Labute approximate surface area is 105 Å². The predicted octanol–water partition coefficient (Wildman–Crippen LogP) is 0.616. The smallest absolute Gasteiger partial charge is 0.308 e. The van der Waals surface area contributed by atoms with Crippen molar-refractivity contribution in [3.63, 3.8) is 0 Å². The number of hydrogen-bond acceptors (Lipinski definition) is 5. The van der Waals surface area contributed by atoms with Gasteiger partial charge in [-0.15, -0.1) is 0 Å². The lowest BCUT2D eigenvalue weighted by atomic mass is 10.1. The van der Waals surface area contributed by atoms with Crippen LogP contribution in [-0.2, 0) is 9.59 Å². The number of aromatic nitrogens is 3. The van der Waals surface area contributed by atoms with Gasteiger partial charge in [-0.2, -0.15) is 15.0 Å². The Morgan fingerprint density at radius 1 is 1.29 bits per heavy atom. The fraction of sp³-hybridized carbons (Fsp3) is 0.375. The van der Waals surface area contributed by atoms with E-state index in [4.69, 9.17) is 28.3 Å². The number of carboxylic acid groups (broad SMARTS) is 1. The van der Waals surface area contributed by atoms with E-state index in [1.165, 1.54) is 0 Å². The van der Waals surface area contributed by atoms with Gasteiger partial charge >= 0.3 is 5.97 Å². The molecule has 7 nitrogen and oxygen atoms in total. The van der Waals surface area contributed by atoms with Gasteiger partial charge in [-0.1, -0.05) is 0 Å². The lowest BCUT2D eigenvalue weighted by molar-refractivity contribution is -0.141. The second kappa shape index (κ2) is 4.42. The molecule has 1 aliphatic rings. The van der Waals surface area contributed by atoms with Crippen LogP contribution in [0, 0.1) is 5.92 Å². The first-order valence-corrected chi connectivity index (χ1v) is 5.33. The fourth-order valence-corrected chi connectivity index (χ4v) is 1.86. The maximum atomic E-state index is 11.6. The van der Waals surface area contributed by atoms with Crippen molar-refractivity contribution < 1.29 is 14.7 Å². The van der Waals surface area contributed by atoms with Crippen molar-refractivity contribution in [2.75, 3.05) is 11.4 Å². The molecule has 2 rings (SSSR count). The minimum Gasteiger partial charge on any atom is -0.481 e. The predicted molar refractivity (Wildman–Crippen MR) is 57.9 cm³/mol. The molecule has 1 fully saturated rings. The van der Waals surface area contributed by atoms with Crippen LogP contribution < -0.4 is 4.90 Å². The summed E-state index contributed by atoms with van der Waals surface area (Å²) in [5, 5.41) is 8.53. The molecule has 1 aliphatic heterocycles. The number of amides is 1. The third-order valence-electron chi connectivity index (χ3n) is 2.28. The average Bonchev–Trinajstić information content (AvgIpc) is 2.59. The molecule has 0 aromatic carbocycles. The fourth-order valence-electron chi connectivity index (χ4n) is 1.50. The van der Waals surface area contributed by atoms with Crippen molar-refractivity contribution >= 4 is 41.0 Å². The van der Waals surface area contributed by atoms with Crippen LogP contribution in [-0.4, -0.2) is 38.5 Å². The van der Waals surface area contributed by atoms with Crippen molar-refractivity contribution in [1.82, 2.24) is 15.0 Å². The maximum absolute atomic E-state index is 11.6. The maximum Gasteiger partial charge on any atom is 0.308 e. The summed E-state index contributed by atoms with van der Waals surface area (Å²) < 4.78 is 0. The lowest BCUT2D eigenvalue weighted by Crippen LogP contribution is -2.28. The molecule has 2 heterocycles. The summed E-state index contributed by atoms with van der Waals surface area (Å²) in [6, 6.07) is 0. The molecule has 0 radical (unpaired) electrons. The number of carbonyl (C=O) groups is 2. The van der Waals surface area contributed by atoms with Gasteiger partial charge in [-0.25, -0.2) is 0 Å². The highest BCUT2D eigenvalue weighted by atomic mass is 35.5. The summed E-state index contributed by atoms with van der Waals surface area (Å²) in [5.74, 6) is -2.21. The van der Waals surface area contributed by atoms with Crippen LogP contribution in [0.5, 0.6) is 0 Å². The molecule has 1 aromatic rings. The Kier molecular flexibility index (Phi) is 3.12. The summed E-state index contributed by atoms with van der Waals surface area (Å²) in [6.45, 7) is 0.00480. The van der Waals surface area contributed by atoms with E-state index < -0.39 is 11.9 Å². The summed E-state index contributed by atoms with van der Waals surface area (Å²) in [5.41, 5.74) is 0. The van der Waals surface area contributed by atoms with Crippen molar-refractivity contribution in [1.29, 1.82) is 0 Å². The molecule has 1 N–H and O–H groups in total. The standard InChI is InChI=1S/C8H6Cl2N4O3/c9-6-11-7(10)13-8(12-6)14-2-3(5(16)17)1-4(14)15/h3H,1-2H2,(H,16,17). The Balaban J connectivity index is 2.28. The van der Waals surface area contributed by atoms with Crippen molar-refractivity contribution in [3.8, 4) is 0 Å². The molecule has 0 bridgehead atoms. The van der Waals surface area contributed by atoms with Gasteiger partial charge in [0.2, 0.25) is 22.4 Å². The van der Waals surface area contributed by atoms with E-state index in [9.17, 15) is 9.59 Å². The number of hydrogen-bond donors (Lipinski definition) is 1. The molecule has 1 saturated heterocycles. The molecular weight excluding hydrogens is 271 g/mol. The highest BCUT2D eigenvalue weighted by molar-refractivity contribution is 6.31. The van der Waals surface area contributed by atoms with E-state index in [0.717, 1.165) is 4.90 Å². The molecule has 1 amide bonds. The number of rotatable bonds is 2. The van der Waals surface area contributed by atoms with Crippen LogP contribution in [0.15, 0.2) is 0 Å². The molecule has 1 unspecified atom stereocenters. The third-order valence-corrected chi connectivity index (χ3v) is 2.62. The lowest BCUT2D eigenvalue weighted by Gasteiger charge is -2.13. The Morgan fingerprint density at radius 2 is 1.88 bits per heavy atom. The molecule has 0 spiro atoms. The minimum atomic E-state index is -1.04. The quantitative estimate of drug-likeness (QED) is 0.851. The summed E-state index contributed by atoms with van der Waals surface area (Å²) in [6.07, 6.45) is -0.0870. The van der Waals surface area contributed by atoms with E-state index in [1.54, 1.807) is 0 Å². The zero-order valence-electron chi connectivity index (χ0n) is 8.30. The Morgan fingerprint density at radius 3 is 2.35 bits per heavy atom. The van der Waals surface area contributed by atoms with Crippen LogP contribution in [0.2, 0.25) is 10.6 Å². The van der Waals surface area contributed by atoms with Crippen LogP contribution in [0.25, 0.3) is 0 Å². The second-order valence-corrected chi connectivity index (χ2v) is 4.09. The molecule has 0 aliphatic carbocycles. The van der Waals surface area contributed by atoms with Crippen molar-refractivity contribution in [2.45, 2.75) is 6.42 Å². The summed E-state index contributed by atoms with van der Waals surface area (Å²) >= 11 is 11.1. The number of anilines is 1. The molecule has 1 aromatic heterocycles. The molecule has 17 heavy (non-hydrogen) atoms. The summed E-state index contributed by atoms with van der Waals surface area (Å²) in [7, 11) is 0.